The average molecular weight is 250 g/mol. The molecule has 0 aliphatic rings. The normalized spacial score (nSPS) is 14.3. The molecule has 0 heterocycles. The molecule has 0 radical (unpaired) electrons. The standard InChI is InChI=1S/C14H22N2O2/c1-11(16(2)3)14(18)15-13(9-10-17)12-7-5-4-6-8-12/h4-8,11,13,17H,9-10H2,1-3H3,(H,15,18)/t11-,13?/m0/s1. The maximum atomic E-state index is 12.0. The molecule has 0 aliphatic heterocycles. The van der Waals surface area contributed by atoms with Crippen LogP contribution in [0.3, 0.4) is 0 Å². The summed E-state index contributed by atoms with van der Waals surface area (Å²) in [7, 11) is 3.74. The van der Waals surface area contributed by atoms with E-state index in [1.165, 1.54) is 0 Å². The maximum absolute atomic E-state index is 12.0. The highest BCUT2D eigenvalue weighted by Crippen LogP contribution is 2.16. The smallest absolute Gasteiger partial charge is 0.237 e. The number of rotatable bonds is 6. The van der Waals surface area contributed by atoms with Crippen LogP contribution in [0.1, 0.15) is 24.9 Å². The van der Waals surface area contributed by atoms with Crippen LogP contribution in [0.2, 0.25) is 0 Å². The molecule has 0 saturated carbocycles. The van der Waals surface area contributed by atoms with E-state index in [-0.39, 0.29) is 24.6 Å². The number of hydrogen-bond acceptors (Lipinski definition) is 3. The third kappa shape index (κ3) is 4.13. The Balaban J connectivity index is 2.72. The first-order valence-corrected chi connectivity index (χ1v) is 6.19. The second kappa shape index (κ2) is 7.13. The summed E-state index contributed by atoms with van der Waals surface area (Å²) in [4.78, 5) is 13.9. The lowest BCUT2D eigenvalue weighted by Crippen LogP contribution is -2.43. The van der Waals surface area contributed by atoms with Crippen molar-refractivity contribution in [2.45, 2.75) is 25.4 Å². The number of amides is 1. The van der Waals surface area contributed by atoms with Gasteiger partial charge in [-0.3, -0.25) is 9.69 Å². The van der Waals surface area contributed by atoms with Gasteiger partial charge in [-0.05, 0) is 33.0 Å². The van der Waals surface area contributed by atoms with E-state index in [4.69, 9.17) is 5.11 Å². The van der Waals surface area contributed by atoms with E-state index in [0.717, 1.165) is 5.56 Å². The maximum Gasteiger partial charge on any atom is 0.237 e. The summed E-state index contributed by atoms with van der Waals surface area (Å²) >= 11 is 0. The van der Waals surface area contributed by atoms with E-state index in [9.17, 15) is 4.79 Å². The van der Waals surface area contributed by atoms with Crippen molar-refractivity contribution in [3.8, 4) is 0 Å². The minimum Gasteiger partial charge on any atom is -0.396 e. The second-order valence-electron chi connectivity index (χ2n) is 4.62. The van der Waals surface area contributed by atoms with Gasteiger partial charge in [-0.25, -0.2) is 0 Å². The first kappa shape index (κ1) is 14.7. The lowest BCUT2D eigenvalue weighted by atomic mass is 10.0. The molecule has 4 nitrogen and oxygen atoms in total. The van der Waals surface area contributed by atoms with Gasteiger partial charge < -0.3 is 10.4 Å². The van der Waals surface area contributed by atoms with Crippen molar-refractivity contribution in [2.24, 2.45) is 0 Å². The average Bonchev–Trinajstić information content (AvgIpc) is 2.38. The Hall–Kier alpha value is -1.39. The number of nitrogens with one attached hydrogen (secondary N) is 1. The van der Waals surface area contributed by atoms with Gasteiger partial charge >= 0.3 is 0 Å². The summed E-state index contributed by atoms with van der Waals surface area (Å²) in [5.41, 5.74) is 1.02. The number of aliphatic hydroxyl groups excluding tert-OH is 1. The molecule has 18 heavy (non-hydrogen) atoms. The number of aliphatic hydroxyl groups is 1. The Morgan fingerprint density at radius 3 is 2.44 bits per heavy atom. The molecule has 0 fully saturated rings. The van der Waals surface area contributed by atoms with Crippen LogP contribution in [-0.2, 0) is 4.79 Å². The monoisotopic (exact) mass is 250 g/mol. The Morgan fingerprint density at radius 2 is 1.94 bits per heavy atom. The predicted molar refractivity (Wildman–Crippen MR) is 72.2 cm³/mol. The molecule has 0 aromatic heterocycles. The first-order chi connectivity index (χ1) is 8.56. The fraction of sp³-hybridized carbons (Fsp3) is 0.500. The minimum atomic E-state index is -0.185. The molecule has 1 unspecified atom stereocenters. The van der Waals surface area contributed by atoms with Crippen molar-refractivity contribution in [3.05, 3.63) is 35.9 Å². The Kier molecular flexibility index (Phi) is 5.82. The van der Waals surface area contributed by atoms with Gasteiger partial charge in [-0.1, -0.05) is 30.3 Å². The van der Waals surface area contributed by atoms with E-state index in [1.807, 2.05) is 56.3 Å². The third-order valence-corrected chi connectivity index (χ3v) is 3.09. The van der Waals surface area contributed by atoms with Gasteiger partial charge in [-0.15, -0.1) is 0 Å². The number of hydrogen-bond donors (Lipinski definition) is 2. The molecule has 1 rings (SSSR count). The molecule has 2 N–H and O–H groups in total. The van der Waals surface area contributed by atoms with Crippen LogP contribution in [0.25, 0.3) is 0 Å². The van der Waals surface area contributed by atoms with Crippen LogP contribution in [-0.4, -0.2) is 42.7 Å². The SMILES string of the molecule is C[C@@H](C(=O)NC(CCO)c1ccccc1)N(C)C. The van der Waals surface area contributed by atoms with Crippen LogP contribution in [0, 0.1) is 0 Å². The first-order valence-electron chi connectivity index (χ1n) is 6.19. The Bertz CT molecular complexity index is 365. The third-order valence-electron chi connectivity index (χ3n) is 3.09. The Morgan fingerprint density at radius 1 is 1.33 bits per heavy atom. The summed E-state index contributed by atoms with van der Waals surface area (Å²) in [6, 6.07) is 9.40. The zero-order valence-electron chi connectivity index (χ0n) is 11.3. The second-order valence-corrected chi connectivity index (χ2v) is 4.62. The summed E-state index contributed by atoms with van der Waals surface area (Å²) in [6.45, 7) is 1.91. The van der Waals surface area contributed by atoms with Gasteiger partial charge in [0.25, 0.3) is 0 Å². The van der Waals surface area contributed by atoms with Gasteiger partial charge in [0.05, 0.1) is 12.1 Å². The van der Waals surface area contributed by atoms with E-state index in [1.54, 1.807) is 0 Å². The molecule has 100 valence electrons. The zero-order valence-corrected chi connectivity index (χ0v) is 11.3. The van der Waals surface area contributed by atoms with E-state index < -0.39 is 0 Å². The van der Waals surface area contributed by atoms with Crippen molar-refractivity contribution in [1.82, 2.24) is 10.2 Å². The zero-order chi connectivity index (χ0) is 13.5. The highest BCUT2D eigenvalue weighted by molar-refractivity contribution is 5.81. The highest BCUT2D eigenvalue weighted by atomic mass is 16.3. The number of carbonyl (C=O) groups is 1. The van der Waals surface area contributed by atoms with Crippen LogP contribution in [0.15, 0.2) is 30.3 Å². The lowest BCUT2D eigenvalue weighted by molar-refractivity contribution is -0.125. The van der Waals surface area contributed by atoms with Crippen LogP contribution in [0.5, 0.6) is 0 Å². The van der Waals surface area contributed by atoms with Gasteiger partial charge in [0.2, 0.25) is 5.91 Å². The van der Waals surface area contributed by atoms with Gasteiger partial charge in [0.15, 0.2) is 0 Å². The van der Waals surface area contributed by atoms with E-state index >= 15 is 0 Å². The molecule has 0 saturated heterocycles. The fourth-order valence-electron chi connectivity index (χ4n) is 1.66. The number of carbonyl (C=O) groups excluding carboxylic acids is 1. The number of nitrogens with zero attached hydrogens (tertiary/aromatic N) is 1. The summed E-state index contributed by atoms with van der Waals surface area (Å²) in [6.07, 6.45) is 0.524. The molecule has 4 heteroatoms. The van der Waals surface area contributed by atoms with Crippen LogP contribution in [0.4, 0.5) is 0 Å². The lowest BCUT2D eigenvalue weighted by Gasteiger charge is -2.24. The number of likely N-dealkylation sites (N-methyl/N-ethyl adjacent to an activating group) is 1. The van der Waals surface area contributed by atoms with Crippen molar-refractivity contribution in [2.75, 3.05) is 20.7 Å². The van der Waals surface area contributed by atoms with Gasteiger partial charge in [0, 0.05) is 6.61 Å². The van der Waals surface area contributed by atoms with Gasteiger partial charge in [0.1, 0.15) is 0 Å². The Labute approximate surface area is 109 Å². The summed E-state index contributed by atoms with van der Waals surface area (Å²) in [5.74, 6) is -0.0256. The molecule has 0 spiro atoms. The van der Waals surface area contributed by atoms with Crippen molar-refractivity contribution >= 4 is 5.91 Å². The molecule has 2 atom stereocenters. The van der Waals surface area contributed by atoms with Crippen LogP contribution < -0.4 is 5.32 Å². The van der Waals surface area contributed by atoms with Crippen molar-refractivity contribution in [3.63, 3.8) is 0 Å². The minimum absolute atomic E-state index is 0.0256. The highest BCUT2D eigenvalue weighted by Gasteiger charge is 2.19. The number of benzene rings is 1. The van der Waals surface area contributed by atoms with E-state index in [0.29, 0.717) is 6.42 Å². The summed E-state index contributed by atoms with van der Waals surface area (Å²) < 4.78 is 0. The van der Waals surface area contributed by atoms with Crippen molar-refractivity contribution in [1.29, 1.82) is 0 Å². The van der Waals surface area contributed by atoms with Crippen LogP contribution >= 0.6 is 0 Å². The molecule has 0 bridgehead atoms. The quantitative estimate of drug-likeness (QED) is 0.797. The van der Waals surface area contributed by atoms with Gasteiger partial charge in [-0.2, -0.15) is 0 Å². The summed E-state index contributed by atoms with van der Waals surface area (Å²) in [5, 5.41) is 12.1. The molecule has 0 aliphatic carbocycles. The molecular weight excluding hydrogens is 228 g/mol. The van der Waals surface area contributed by atoms with Crippen molar-refractivity contribution < 1.29 is 9.90 Å². The molecule has 1 amide bonds. The molecular formula is C14H22N2O2. The molecule has 1 aromatic rings. The fourth-order valence-corrected chi connectivity index (χ4v) is 1.66. The largest absolute Gasteiger partial charge is 0.396 e. The predicted octanol–water partition coefficient (Wildman–Crippen LogP) is 1.18. The topological polar surface area (TPSA) is 52.6 Å². The molecule has 1 aromatic carbocycles. The van der Waals surface area contributed by atoms with E-state index in [2.05, 4.69) is 5.32 Å².